The molecule has 96 valence electrons. The fraction of sp³-hybridized carbons (Fsp3) is 0.0588. The lowest BCUT2D eigenvalue weighted by molar-refractivity contribution is -0.119. The van der Waals surface area contributed by atoms with Gasteiger partial charge in [0.25, 0.3) is 11.8 Å². The van der Waals surface area contributed by atoms with Crippen LogP contribution in [-0.4, -0.2) is 11.8 Å². The molecule has 0 N–H and O–H groups in total. The van der Waals surface area contributed by atoms with Gasteiger partial charge in [-0.1, -0.05) is 30.3 Å². The number of anilines is 1. The molecule has 0 unspecified atom stereocenters. The van der Waals surface area contributed by atoms with Crippen LogP contribution in [0.1, 0.15) is 11.1 Å². The van der Waals surface area contributed by atoms with Gasteiger partial charge < -0.3 is 0 Å². The molecule has 0 radical (unpaired) electrons. The summed E-state index contributed by atoms with van der Waals surface area (Å²) in [5.41, 5.74) is 5.53. The molecule has 1 heterocycles. The maximum Gasteiger partial charge on any atom is 0.258 e. The third-order valence-electron chi connectivity index (χ3n) is 3.84. The first-order valence-corrected chi connectivity index (χ1v) is 6.51. The summed E-state index contributed by atoms with van der Waals surface area (Å²) in [6, 6.07) is 14.1. The zero-order valence-electron chi connectivity index (χ0n) is 10.7. The minimum atomic E-state index is -0.273. The van der Waals surface area contributed by atoms with Crippen LogP contribution in [0, 0.1) is 0 Å². The Kier molecular flexibility index (Phi) is 2.18. The Labute approximate surface area is 116 Å². The van der Waals surface area contributed by atoms with Crippen molar-refractivity contribution in [2.24, 2.45) is 0 Å². The van der Waals surface area contributed by atoms with Gasteiger partial charge in [0.15, 0.2) is 0 Å². The largest absolute Gasteiger partial charge is 0.269 e. The molecule has 3 nitrogen and oxygen atoms in total. The third-order valence-corrected chi connectivity index (χ3v) is 3.84. The van der Waals surface area contributed by atoms with Gasteiger partial charge in [0.05, 0.1) is 5.69 Å². The van der Waals surface area contributed by atoms with E-state index in [9.17, 15) is 9.59 Å². The summed E-state index contributed by atoms with van der Waals surface area (Å²) in [5, 5.41) is 0. The minimum Gasteiger partial charge on any atom is -0.269 e. The number of benzene rings is 2. The van der Waals surface area contributed by atoms with Crippen LogP contribution in [0.5, 0.6) is 0 Å². The van der Waals surface area contributed by atoms with Crippen LogP contribution < -0.4 is 4.90 Å². The summed E-state index contributed by atoms with van der Waals surface area (Å²) in [4.78, 5) is 24.7. The molecule has 0 saturated carbocycles. The second-order valence-corrected chi connectivity index (χ2v) is 5.02. The standard InChI is InChI=1S/C17H11NO2/c19-16-7-8-17(20)18(16)13-5-6-15-12(10-13)9-11-3-1-2-4-14(11)15/h1-8,10H,9H2. The summed E-state index contributed by atoms with van der Waals surface area (Å²) in [6.45, 7) is 0. The van der Waals surface area contributed by atoms with Crippen molar-refractivity contribution in [3.63, 3.8) is 0 Å². The SMILES string of the molecule is O=C1C=CC(=O)N1c1ccc2c(c1)Cc1ccccc1-2. The molecule has 0 aromatic heterocycles. The highest BCUT2D eigenvalue weighted by Gasteiger charge is 2.27. The van der Waals surface area contributed by atoms with Crippen LogP contribution in [0.3, 0.4) is 0 Å². The van der Waals surface area contributed by atoms with E-state index in [0.717, 1.165) is 12.0 Å². The molecule has 1 aliphatic carbocycles. The molecule has 2 aromatic rings. The first-order valence-electron chi connectivity index (χ1n) is 6.51. The Morgan fingerprint density at radius 3 is 2.30 bits per heavy atom. The number of fused-ring (bicyclic) bond motifs is 3. The average molecular weight is 261 g/mol. The van der Waals surface area contributed by atoms with Crippen molar-refractivity contribution in [1.82, 2.24) is 0 Å². The number of carbonyl (C=O) groups excluding carboxylic acids is 2. The molecule has 4 rings (SSSR count). The van der Waals surface area contributed by atoms with E-state index < -0.39 is 0 Å². The maximum absolute atomic E-state index is 11.7. The first-order chi connectivity index (χ1) is 9.74. The normalized spacial score (nSPS) is 15.7. The van der Waals surface area contributed by atoms with Gasteiger partial charge in [0, 0.05) is 12.2 Å². The van der Waals surface area contributed by atoms with Crippen LogP contribution in [0.15, 0.2) is 54.6 Å². The lowest BCUT2D eigenvalue weighted by Crippen LogP contribution is -2.29. The molecular formula is C17H11NO2. The number of hydrogen-bond acceptors (Lipinski definition) is 2. The van der Waals surface area contributed by atoms with Gasteiger partial charge in [-0.2, -0.15) is 0 Å². The van der Waals surface area contributed by atoms with E-state index in [-0.39, 0.29) is 11.8 Å². The van der Waals surface area contributed by atoms with Crippen LogP contribution in [-0.2, 0) is 16.0 Å². The molecule has 2 aromatic carbocycles. The van der Waals surface area contributed by atoms with E-state index >= 15 is 0 Å². The van der Waals surface area contributed by atoms with E-state index in [0.29, 0.717) is 5.69 Å². The molecule has 20 heavy (non-hydrogen) atoms. The second kappa shape index (κ2) is 3.90. The van der Waals surface area contributed by atoms with Crippen molar-refractivity contribution < 1.29 is 9.59 Å². The predicted octanol–water partition coefficient (Wildman–Crippen LogP) is 2.69. The fourth-order valence-electron chi connectivity index (χ4n) is 2.93. The predicted molar refractivity (Wildman–Crippen MR) is 76.3 cm³/mol. The molecule has 0 fully saturated rings. The lowest BCUT2D eigenvalue weighted by Gasteiger charge is -2.15. The molecule has 1 aliphatic heterocycles. The number of carbonyl (C=O) groups is 2. The summed E-state index contributed by atoms with van der Waals surface area (Å²) in [5.74, 6) is -0.545. The van der Waals surface area contributed by atoms with Crippen molar-refractivity contribution in [3.05, 3.63) is 65.7 Å². The van der Waals surface area contributed by atoms with Gasteiger partial charge in [0.1, 0.15) is 0 Å². The molecule has 0 atom stereocenters. The van der Waals surface area contributed by atoms with Gasteiger partial charge in [-0.15, -0.1) is 0 Å². The van der Waals surface area contributed by atoms with Crippen LogP contribution in [0.4, 0.5) is 5.69 Å². The van der Waals surface area contributed by atoms with Crippen LogP contribution in [0.25, 0.3) is 11.1 Å². The van der Waals surface area contributed by atoms with Crippen molar-refractivity contribution >= 4 is 17.5 Å². The average Bonchev–Trinajstić information content (AvgIpc) is 2.98. The maximum atomic E-state index is 11.7. The first kappa shape index (κ1) is 11.2. The van der Waals surface area contributed by atoms with Crippen molar-refractivity contribution in [3.8, 4) is 11.1 Å². The van der Waals surface area contributed by atoms with Gasteiger partial charge in [-0.25, -0.2) is 4.90 Å². The van der Waals surface area contributed by atoms with E-state index in [2.05, 4.69) is 12.1 Å². The van der Waals surface area contributed by atoms with Gasteiger partial charge in [-0.3, -0.25) is 9.59 Å². The van der Waals surface area contributed by atoms with Crippen molar-refractivity contribution in [1.29, 1.82) is 0 Å². The zero-order chi connectivity index (χ0) is 13.7. The molecule has 2 amide bonds. The highest BCUT2D eigenvalue weighted by molar-refractivity contribution is 6.28. The zero-order valence-corrected chi connectivity index (χ0v) is 10.7. The smallest absolute Gasteiger partial charge is 0.258 e. The van der Waals surface area contributed by atoms with Gasteiger partial charge >= 0.3 is 0 Å². The van der Waals surface area contributed by atoms with Gasteiger partial charge in [0.2, 0.25) is 0 Å². The minimum absolute atomic E-state index is 0.273. The Morgan fingerprint density at radius 1 is 0.800 bits per heavy atom. The molecule has 2 aliphatic rings. The Balaban J connectivity index is 1.80. The van der Waals surface area contributed by atoms with Crippen LogP contribution >= 0.6 is 0 Å². The number of rotatable bonds is 1. The number of hydrogen-bond donors (Lipinski definition) is 0. The fourth-order valence-corrected chi connectivity index (χ4v) is 2.93. The van der Waals surface area contributed by atoms with E-state index in [1.54, 1.807) is 0 Å². The molecule has 0 saturated heterocycles. The monoisotopic (exact) mass is 261 g/mol. The van der Waals surface area contributed by atoms with Crippen molar-refractivity contribution in [2.75, 3.05) is 4.90 Å². The number of amides is 2. The van der Waals surface area contributed by atoms with Crippen molar-refractivity contribution in [2.45, 2.75) is 6.42 Å². The van der Waals surface area contributed by atoms with E-state index in [4.69, 9.17) is 0 Å². The lowest BCUT2D eigenvalue weighted by atomic mass is 10.1. The Hall–Kier alpha value is -2.68. The topological polar surface area (TPSA) is 37.4 Å². The summed E-state index contributed by atoms with van der Waals surface area (Å²) in [6.07, 6.45) is 3.47. The number of nitrogens with zero attached hydrogens (tertiary/aromatic N) is 1. The molecular weight excluding hydrogens is 250 g/mol. The molecule has 0 spiro atoms. The van der Waals surface area contributed by atoms with E-state index in [1.807, 2.05) is 30.3 Å². The van der Waals surface area contributed by atoms with E-state index in [1.165, 1.54) is 33.7 Å². The van der Waals surface area contributed by atoms with Gasteiger partial charge in [-0.05, 0) is 40.8 Å². The summed E-state index contributed by atoms with van der Waals surface area (Å²) >= 11 is 0. The Bertz CT molecular complexity index is 771. The second-order valence-electron chi connectivity index (χ2n) is 5.02. The molecule has 3 heteroatoms. The highest BCUT2D eigenvalue weighted by Crippen LogP contribution is 2.38. The third kappa shape index (κ3) is 1.46. The molecule has 0 bridgehead atoms. The Morgan fingerprint density at radius 2 is 1.50 bits per heavy atom. The summed E-state index contributed by atoms with van der Waals surface area (Å²) < 4.78 is 0. The summed E-state index contributed by atoms with van der Waals surface area (Å²) in [7, 11) is 0. The van der Waals surface area contributed by atoms with Crippen LogP contribution in [0.2, 0.25) is 0 Å². The number of imide groups is 1. The highest BCUT2D eigenvalue weighted by atomic mass is 16.2. The quantitative estimate of drug-likeness (QED) is 0.631.